The number of benzene rings is 2. The predicted molar refractivity (Wildman–Crippen MR) is 76.5 cm³/mol. The molecule has 0 saturated carbocycles. The molecule has 0 unspecified atom stereocenters. The quantitative estimate of drug-likeness (QED) is 0.624. The second kappa shape index (κ2) is 4.65. The monoisotopic (exact) mass is 270 g/mol. The molecule has 0 bridgehead atoms. The number of halogens is 1. The fourth-order valence-electron chi connectivity index (χ4n) is 1.92. The van der Waals surface area contributed by atoms with E-state index in [1.54, 1.807) is 30.3 Å². The van der Waals surface area contributed by atoms with E-state index in [4.69, 9.17) is 5.73 Å². The van der Waals surface area contributed by atoms with Crippen LogP contribution in [0.5, 0.6) is 0 Å². The first-order valence-corrected chi connectivity index (χ1v) is 5.94. The minimum atomic E-state index is -0.370. The van der Waals surface area contributed by atoms with Crippen LogP contribution in [0.25, 0.3) is 10.9 Å². The van der Waals surface area contributed by atoms with Gasteiger partial charge in [-0.05, 0) is 36.4 Å². The minimum Gasteiger partial charge on any atom is -0.399 e. The van der Waals surface area contributed by atoms with Crippen molar-refractivity contribution in [3.63, 3.8) is 0 Å². The molecule has 5 nitrogen and oxygen atoms in total. The molecule has 0 radical (unpaired) electrons. The van der Waals surface area contributed by atoms with E-state index in [0.717, 1.165) is 0 Å². The summed E-state index contributed by atoms with van der Waals surface area (Å²) < 4.78 is 13.1. The topological polar surface area (TPSA) is 83.8 Å². The van der Waals surface area contributed by atoms with Crippen LogP contribution in [0, 0.1) is 5.82 Å². The second-order valence-corrected chi connectivity index (χ2v) is 4.33. The number of nitrogen functional groups attached to an aromatic ring is 1. The van der Waals surface area contributed by atoms with E-state index < -0.39 is 0 Å². The molecular formula is C14H11FN4O. The smallest absolute Gasteiger partial charge is 0.260 e. The molecule has 0 atom stereocenters. The Balaban J connectivity index is 2.05. The third-order valence-electron chi connectivity index (χ3n) is 2.82. The lowest BCUT2D eigenvalue weighted by Gasteiger charge is -2.06. The standard InChI is InChI=1S/C14H11FN4O/c15-8-2-1-3-10(6-8)17-14-18-12-5-4-9(16)7-11(12)13(20)19-14/h1-7H,16H2,(H2,17,18,19,20). The summed E-state index contributed by atoms with van der Waals surface area (Å²) in [4.78, 5) is 18.8. The van der Waals surface area contributed by atoms with E-state index in [-0.39, 0.29) is 17.3 Å². The van der Waals surface area contributed by atoms with Gasteiger partial charge in [0.15, 0.2) is 0 Å². The van der Waals surface area contributed by atoms with Crippen molar-refractivity contribution in [1.29, 1.82) is 0 Å². The zero-order valence-corrected chi connectivity index (χ0v) is 10.4. The molecule has 2 aromatic carbocycles. The summed E-state index contributed by atoms with van der Waals surface area (Å²) in [6, 6.07) is 10.8. The summed E-state index contributed by atoms with van der Waals surface area (Å²) in [5.74, 6) is -0.121. The van der Waals surface area contributed by atoms with Gasteiger partial charge in [-0.1, -0.05) is 6.07 Å². The van der Waals surface area contributed by atoms with E-state index >= 15 is 0 Å². The maximum atomic E-state index is 13.1. The first-order valence-electron chi connectivity index (χ1n) is 5.94. The molecular weight excluding hydrogens is 259 g/mol. The van der Waals surface area contributed by atoms with Crippen LogP contribution >= 0.6 is 0 Å². The summed E-state index contributed by atoms with van der Waals surface area (Å²) in [5, 5.41) is 3.27. The number of nitrogens with zero attached hydrogens (tertiary/aromatic N) is 1. The van der Waals surface area contributed by atoms with Gasteiger partial charge in [0.2, 0.25) is 5.95 Å². The first-order chi connectivity index (χ1) is 9.61. The molecule has 0 aliphatic carbocycles. The highest BCUT2D eigenvalue weighted by Gasteiger charge is 2.05. The maximum Gasteiger partial charge on any atom is 0.260 e. The molecule has 1 heterocycles. The average molecular weight is 270 g/mol. The molecule has 0 aliphatic heterocycles. The molecule has 3 aromatic rings. The molecule has 100 valence electrons. The zero-order valence-electron chi connectivity index (χ0n) is 10.4. The van der Waals surface area contributed by atoms with Crippen molar-refractivity contribution in [2.75, 3.05) is 11.1 Å². The molecule has 4 N–H and O–H groups in total. The Morgan fingerprint density at radius 3 is 2.85 bits per heavy atom. The summed E-state index contributed by atoms with van der Waals surface area (Å²) in [7, 11) is 0. The number of hydrogen-bond acceptors (Lipinski definition) is 4. The van der Waals surface area contributed by atoms with E-state index in [1.165, 1.54) is 12.1 Å². The number of anilines is 3. The lowest BCUT2D eigenvalue weighted by molar-refractivity contribution is 0.628. The number of hydrogen-bond donors (Lipinski definition) is 3. The van der Waals surface area contributed by atoms with Gasteiger partial charge in [0.05, 0.1) is 10.9 Å². The molecule has 1 aromatic heterocycles. The first kappa shape index (κ1) is 12.2. The number of rotatable bonds is 2. The zero-order chi connectivity index (χ0) is 14.1. The van der Waals surface area contributed by atoms with Crippen LogP contribution in [0.3, 0.4) is 0 Å². The normalized spacial score (nSPS) is 10.7. The van der Waals surface area contributed by atoms with Crippen molar-refractivity contribution in [3.8, 4) is 0 Å². The van der Waals surface area contributed by atoms with Gasteiger partial charge in [0.25, 0.3) is 5.56 Å². The Morgan fingerprint density at radius 2 is 2.05 bits per heavy atom. The molecule has 3 rings (SSSR count). The Bertz CT molecular complexity index is 844. The van der Waals surface area contributed by atoms with E-state index in [9.17, 15) is 9.18 Å². The largest absolute Gasteiger partial charge is 0.399 e. The van der Waals surface area contributed by atoms with Crippen LogP contribution in [0.2, 0.25) is 0 Å². The summed E-state index contributed by atoms with van der Waals surface area (Å²) in [5.41, 5.74) is 6.84. The summed E-state index contributed by atoms with van der Waals surface area (Å²) in [6.45, 7) is 0. The highest BCUT2D eigenvalue weighted by atomic mass is 19.1. The highest BCUT2D eigenvalue weighted by molar-refractivity contribution is 5.82. The SMILES string of the molecule is Nc1ccc2nc(Nc3cccc(F)c3)[nH]c(=O)c2c1. The molecule has 0 amide bonds. The van der Waals surface area contributed by atoms with Crippen LogP contribution in [-0.4, -0.2) is 9.97 Å². The van der Waals surface area contributed by atoms with Crippen molar-refractivity contribution in [2.45, 2.75) is 0 Å². The fourth-order valence-corrected chi connectivity index (χ4v) is 1.92. The van der Waals surface area contributed by atoms with E-state index in [0.29, 0.717) is 22.3 Å². The molecule has 0 saturated heterocycles. The van der Waals surface area contributed by atoms with Crippen LogP contribution in [0.1, 0.15) is 0 Å². The number of H-pyrrole nitrogens is 1. The molecule has 6 heteroatoms. The Hall–Kier alpha value is -2.89. The number of aromatic amines is 1. The molecule has 0 fully saturated rings. The van der Waals surface area contributed by atoms with Crippen molar-refractivity contribution >= 4 is 28.2 Å². The number of nitrogens with one attached hydrogen (secondary N) is 2. The third kappa shape index (κ3) is 2.31. The summed E-state index contributed by atoms with van der Waals surface area (Å²) >= 11 is 0. The fraction of sp³-hybridized carbons (Fsp3) is 0. The lowest BCUT2D eigenvalue weighted by Crippen LogP contribution is -2.11. The van der Waals surface area contributed by atoms with Gasteiger partial charge in [-0.2, -0.15) is 0 Å². The number of fused-ring (bicyclic) bond motifs is 1. The maximum absolute atomic E-state index is 13.1. The lowest BCUT2D eigenvalue weighted by atomic mass is 10.2. The van der Waals surface area contributed by atoms with Crippen molar-refractivity contribution < 1.29 is 4.39 Å². The van der Waals surface area contributed by atoms with Crippen molar-refractivity contribution in [1.82, 2.24) is 9.97 Å². The minimum absolute atomic E-state index is 0.248. The van der Waals surface area contributed by atoms with Gasteiger partial charge in [0, 0.05) is 11.4 Å². The number of nitrogens with two attached hydrogens (primary N) is 1. The average Bonchev–Trinajstić information content (AvgIpc) is 2.40. The van der Waals surface area contributed by atoms with Crippen molar-refractivity contribution in [3.05, 3.63) is 58.6 Å². The van der Waals surface area contributed by atoms with Gasteiger partial charge < -0.3 is 11.1 Å². The van der Waals surface area contributed by atoms with Crippen molar-refractivity contribution in [2.24, 2.45) is 0 Å². The van der Waals surface area contributed by atoms with Gasteiger partial charge in [-0.25, -0.2) is 9.37 Å². The number of aromatic nitrogens is 2. The van der Waals surface area contributed by atoms with E-state index in [1.807, 2.05) is 0 Å². The molecule has 0 aliphatic rings. The predicted octanol–water partition coefficient (Wildman–Crippen LogP) is 2.39. The Labute approximate surface area is 113 Å². The Morgan fingerprint density at radius 1 is 1.20 bits per heavy atom. The molecule has 20 heavy (non-hydrogen) atoms. The molecule has 0 spiro atoms. The van der Waals surface area contributed by atoms with Gasteiger partial charge in [-0.15, -0.1) is 0 Å². The summed E-state index contributed by atoms with van der Waals surface area (Å²) in [6.07, 6.45) is 0. The third-order valence-corrected chi connectivity index (χ3v) is 2.82. The van der Waals surface area contributed by atoms with Gasteiger partial charge in [-0.3, -0.25) is 9.78 Å². The second-order valence-electron chi connectivity index (χ2n) is 4.33. The van der Waals surface area contributed by atoms with Crippen LogP contribution < -0.4 is 16.6 Å². The Kier molecular flexibility index (Phi) is 2.83. The highest BCUT2D eigenvalue weighted by Crippen LogP contribution is 2.16. The van der Waals surface area contributed by atoms with Crippen LogP contribution in [0.4, 0.5) is 21.7 Å². The van der Waals surface area contributed by atoms with Gasteiger partial charge >= 0.3 is 0 Å². The van der Waals surface area contributed by atoms with E-state index in [2.05, 4.69) is 15.3 Å². The van der Waals surface area contributed by atoms with Gasteiger partial charge in [0.1, 0.15) is 5.82 Å². The van der Waals surface area contributed by atoms with Crippen LogP contribution in [0.15, 0.2) is 47.3 Å². The van der Waals surface area contributed by atoms with Crippen LogP contribution in [-0.2, 0) is 0 Å².